The first kappa shape index (κ1) is 17.9. The molecular weight excluding hydrogens is 358 g/mol. The van der Waals surface area contributed by atoms with Crippen molar-refractivity contribution in [2.24, 2.45) is 0 Å². The summed E-state index contributed by atoms with van der Waals surface area (Å²) in [5.41, 5.74) is 3.10. The van der Waals surface area contributed by atoms with Crippen molar-refractivity contribution in [2.75, 3.05) is 18.0 Å². The van der Waals surface area contributed by atoms with Crippen LogP contribution in [0, 0.1) is 6.92 Å². The summed E-state index contributed by atoms with van der Waals surface area (Å²) in [6, 6.07) is 14.6. The average Bonchev–Trinajstić information content (AvgIpc) is 2.68. The van der Waals surface area contributed by atoms with Crippen LogP contribution < -0.4 is 4.90 Å². The Hall–Kier alpha value is -2.47. The number of hydrogen-bond donors (Lipinski definition) is 0. The Labute approximate surface area is 160 Å². The molecule has 27 heavy (non-hydrogen) atoms. The third-order valence-corrected chi connectivity index (χ3v) is 6.63. The van der Waals surface area contributed by atoms with E-state index >= 15 is 0 Å². The SMILES string of the molecule is Cc1ccc(S(=O)(=O)Cc2nc3ccccc3nc2N2CCCCC2)cc1. The van der Waals surface area contributed by atoms with Crippen LogP contribution in [-0.4, -0.2) is 31.5 Å². The molecule has 1 aromatic heterocycles. The van der Waals surface area contributed by atoms with Crippen LogP contribution in [0.3, 0.4) is 0 Å². The quantitative estimate of drug-likeness (QED) is 0.686. The molecule has 4 rings (SSSR count). The molecule has 1 saturated heterocycles. The number of nitrogens with zero attached hydrogens (tertiary/aromatic N) is 3. The molecule has 0 spiro atoms. The molecule has 0 radical (unpaired) electrons. The fourth-order valence-corrected chi connectivity index (χ4v) is 4.76. The zero-order valence-electron chi connectivity index (χ0n) is 15.4. The largest absolute Gasteiger partial charge is 0.355 e. The Morgan fingerprint density at radius 2 is 1.52 bits per heavy atom. The van der Waals surface area contributed by atoms with Gasteiger partial charge >= 0.3 is 0 Å². The number of para-hydroxylation sites is 2. The fraction of sp³-hybridized carbons (Fsp3) is 0.333. The topological polar surface area (TPSA) is 63.2 Å². The molecule has 140 valence electrons. The van der Waals surface area contributed by atoms with Gasteiger partial charge in [0, 0.05) is 13.1 Å². The summed E-state index contributed by atoms with van der Waals surface area (Å²) in [5, 5.41) is 0. The van der Waals surface area contributed by atoms with Crippen LogP contribution in [0.2, 0.25) is 0 Å². The monoisotopic (exact) mass is 381 g/mol. The van der Waals surface area contributed by atoms with Gasteiger partial charge in [0.15, 0.2) is 15.7 Å². The molecule has 0 amide bonds. The molecule has 2 aromatic carbocycles. The molecule has 5 nitrogen and oxygen atoms in total. The molecule has 0 N–H and O–H groups in total. The minimum atomic E-state index is -3.49. The second-order valence-corrected chi connectivity index (χ2v) is 9.09. The maximum Gasteiger partial charge on any atom is 0.184 e. The van der Waals surface area contributed by atoms with Crippen LogP contribution in [0.5, 0.6) is 0 Å². The Morgan fingerprint density at radius 3 is 2.19 bits per heavy atom. The second-order valence-electron chi connectivity index (χ2n) is 7.10. The van der Waals surface area contributed by atoms with Crippen LogP contribution in [0.15, 0.2) is 53.4 Å². The molecule has 1 fully saturated rings. The summed E-state index contributed by atoms with van der Waals surface area (Å²) in [7, 11) is -3.49. The Kier molecular flexibility index (Phi) is 4.83. The van der Waals surface area contributed by atoms with E-state index in [1.165, 1.54) is 6.42 Å². The van der Waals surface area contributed by atoms with E-state index in [2.05, 4.69) is 4.90 Å². The highest BCUT2D eigenvalue weighted by molar-refractivity contribution is 7.90. The lowest BCUT2D eigenvalue weighted by Crippen LogP contribution is -2.31. The van der Waals surface area contributed by atoms with Gasteiger partial charge in [0.1, 0.15) is 5.75 Å². The summed E-state index contributed by atoms with van der Waals surface area (Å²) < 4.78 is 26.0. The number of anilines is 1. The van der Waals surface area contributed by atoms with Gasteiger partial charge in [-0.15, -0.1) is 0 Å². The Bertz CT molecular complexity index is 1060. The van der Waals surface area contributed by atoms with Gasteiger partial charge in [-0.2, -0.15) is 0 Å². The highest BCUT2D eigenvalue weighted by atomic mass is 32.2. The molecule has 0 saturated carbocycles. The van der Waals surface area contributed by atoms with Crippen molar-refractivity contribution < 1.29 is 8.42 Å². The highest BCUT2D eigenvalue weighted by Crippen LogP contribution is 2.27. The molecule has 0 bridgehead atoms. The smallest absolute Gasteiger partial charge is 0.184 e. The molecule has 0 unspecified atom stereocenters. The van der Waals surface area contributed by atoms with Gasteiger partial charge in [0.05, 0.1) is 21.6 Å². The Balaban J connectivity index is 1.77. The zero-order valence-corrected chi connectivity index (χ0v) is 16.2. The average molecular weight is 382 g/mol. The van der Waals surface area contributed by atoms with Crippen molar-refractivity contribution in [2.45, 2.75) is 36.8 Å². The number of benzene rings is 2. The number of hydrogen-bond acceptors (Lipinski definition) is 5. The summed E-state index contributed by atoms with van der Waals surface area (Å²) >= 11 is 0. The van der Waals surface area contributed by atoms with E-state index in [0.717, 1.165) is 42.5 Å². The number of piperidine rings is 1. The number of fused-ring (bicyclic) bond motifs is 1. The minimum absolute atomic E-state index is 0.139. The molecule has 3 aromatic rings. The maximum absolute atomic E-state index is 13.0. The maximum atomic E-state index is 13.0. The van der Waals surface area contributed by atoms with E-state index in [4.69, 9.17) is 9.97 Å². The first-order chi connectivity index (χ1) is 13.0. The van der Waals surface area contributed by atoms with Gasteiger partial charge in [0.25, 0.3) is 0 Å². The van der Waals surface area contributed by atoms with E-state index in [1.54, 1.807) is 12.1 Å². The normalized spacial score (nSPS) is 15.2. The lowest BCUT2D eigenvalue weighted by molar-refractivity contribution is 0.570. The molecule has 2 heterocycles. The van der Waals surface area contributed by atoms with Crippen molar-refractivity contribution in [1.82, 2.24) is 9.97 Å². The first-order valence-corrected chi connectivity index (χ1v) is 11.0. The van der Waals surface area contributed by atoms with E-state index in [9.17, 15) is 8.42 Å². The molecule has 1 aliphatic rings. The summed E-state index contributed by atoms with van der Waals surface area (Å²) in [4.78, 5) is 12.0. The Morgan fingerprint density at radius 1 is 0.889 bits per heavy atom. The van der Waals surface area contributed by atoms with Crippen LogP contribution in [0.25, 0.3) is 11.0 Å². The van der Waals surface area contributed by atoms with Gasteiger partial charge < -0.3 is 4.90 Å². The second kappa shape index (κ2) is 7.27. The number of rotatable bonds is 4. The van der Waals surface area contributed by atoms with Gasteiger partial charge in [0.2, 0.25) is 0 Å². The van der Waals surface area contributed by atoms with Crippen molar-refractivity contribution >= 4 is 26.7 Å². The van der Waals surface area contributed by atoms with E-state index in [1.807, 2.05) is 43.3 Å². The minimum Gasteiger partial charge on any atom is -0.355 e. The predicted octanol–water partition coefficient (Wildman–Crippen LogP) is 3.90. The van der Waals surface area contributed by atoms with Crippen LogP contribution in [0.1, 0.15) is 30.5 Å². The summed E-state index contributed by atoms with van der Waals surface area (Å²) in [5.74, 6) is 0.573. The zero-order chi connectivity index (χ0) is 18.9. The van der Waals surface area contributed by atoms with Crippen LogP contribution in [0.4, 0.5) is 5.82 Å². The number of aromatic nitrogens is 2. The van der Waals surface area contributed by atoms with Crippen LogP contribution in [-0.2, 0) is 15.6 Å². The van der Waals surface area contributed by atoms with Crippen molar-refractivity contribution in [3.8, 4) is 0 Å². The highest BCUT2D eigenvalue weighted by Gasteiger charge is 2.23. The molecule has 0 atom stereocenters. The molecule has 0 aliphatic carbocycles. The van der Waals surface area contributed by atoms with Gasteiger partial charge in [-0.05, 0) is 50.5 Å². The van der Waals surface area contributed by atoms with Gasteiger partial charge in [-0.3, -0.25) is 0 Å². The predicted molar refractivity (Wildman–Crippen MR) is 108 cm³/mol. The molecular formula is C21H23N3O2S. The fourth-order valence-electron chi connectivity index (χ4n) is 3.49. The lowest BCUT2D eigenvalue weighted by Gasteiger charge is -2.29. The third kappa shape index (κ3) is 3.81. The summed E-state index contributed by atoms with van der Waals surface area (Å²) in [6.45, 7) is 3.73. The molecule has 6 heteroatoms. The van der Waals surface area contributed by atoms with Crippen LogP contribution >= 0.6 is 0 Å². The van der Waals surface area contributed by atoms with E-state index in [0.29, 0.717) is 16.4 Å². The summed E-state index contributed by atoms with van der Waals surface area (Å²) in [6.07, 6.45) is 3.39. The van der Waals surface area contributed by atoms with E-state index < -0.39 is 9.84 Å². The standard InChI is InChI=1S/C21H23N3O2S/c1-16-9-11-17(12-10-16)27(25,26)15-20-21(24-13-5-2-6-14-24)23-19-8-4-3-7-18(19)22-20/h3-4,7-12H,2,5-6,13-15H2,1H3. The number of aryl methyl sites for hydroxylation is 1. The van der Waals surface area contributed by atoms with Crippen molar-refractivity contribution in [3.05, 3.63) is 59.8 Å². The van der Waals surface area contributed by atoms with E-state index in [-0.39, 0.29) is 5.75 Å². The van der Waals surface area contributed by atoms with Gasteiger partial charge in [-0.25, -0.2) is 18.4 Å². The van der Waals surface area contributed by atoms with Crippen molar-refractivity contribution in [1.29, 1.82) is 0 Å². The third-order valence-electron chi connectivity index (χ3n) is 4.98. The lowest BCUT2D eigenvalue weighted by atomic mass is 10.1. The van der Waals surface area contributed by atoms with Gasteiger partial charge in [-0.1, -0.05) is 29.8 Å². The first-order valence-electron chi connectivity index (χ1n) is 9.33. The number of sulfone groups is 1. The van der Waals surface area contributed by atoms with Crippen molar-refractivity contribution in [3.63, 3.8) is 0 Å². The molecule has 1 aliphatic heterocycles.